The maximum atomic E-state index is 10.6. The van der Waals surface area contributed by atoms with Crippen LogP contribution >= 0.6 is 12.4 Å². The third kappa shape index (κ3) is 4.02. The Morgan fingerprint density at radius 2 is 1.94 bits per heavy atom. The van der Waals surface area contributed by atoms with Crippen LogP contribution in [-0.2, 0) is 24.1 Å². The van der Waals surface area contributed by atoms with Crippen molar-refractivity contribution in [1.29, 1.82) is 0 Å². The van der Waals surface area contributed by atoms with Crippen molar-refractivity contribution in [2.75, 3.05) is 0 Å². The average Bonchev–Trinajstić information content (AvgIpc) is 2.27. The van der Waals surface area contributed by atoms with Gasteiger partial charge in [0, 0.05) is 6.42 Å². The Kier molecular flexibility index (Phi) is 5.67. The summed E-state index contributed by atoms with van der Waals surface area (Å²) in [5.41, 5.74) is 4.27. The van der Waals surface area contributed by atoms with Crippen LogP contribution in [0.25, 0.3) is 0 Å². The summed E-state index contributed by atoms with van der Waals surface area (Å²) in [6.45, 7) is 2.01. The first-order chi connectivity index (χ1) is 8.15. The van der Waals surface area contributed by atoms with E-state index in [0.29, 0.717) is 0 Å². The van der Waals surface area contributed by atoms with Gasteiger partial charge in [0.05, 0.1) is 0 Å². The molecule has 100 valence electrons. The first-order valence-corrected chi connectivity index (χ1v) is 6.47. The lowest BCUT2D eigenvalue weighted by Gasteiger charge is -2.17. The number of carboxylic acids is 1. The molecule has 0 saturated carbocycles. The Balaban J connectivity index is 0.00000162. The molecule has 1 aromatic carbocycles. The standard InChI is InChI=1S/C15H20O2.ClH/c1-11(9-15(16)17)8-12-6-7-13-4-2-3-5-14(13)10-12;/h6-7,10-11H,2-5,8-9H2,1H3,(H,16,17);1H. The first kappa shape index (κ1) is 15.0. The lowest BCUT2D eigenvalue weighted by atomic mass is 9.88. The second-order valence-electron chi connectivity index (χ2n) is 5.22. The van der Waals surface area contributed by atoms with Crippen LogP contribution in [0.15, 0.2) is 18.2 Å². The van der Waals surface area contributed by atoms with E-state index < -0.39 is 5.97 Å². The van der Waals surface area contributed by atoms with Crippen molar-refractivity contribution in [2.45, 2.75) is 45.4 Å². The molecule has 3 heteroatoms. The van der Waals surface area contributed by atoms with Gasteiger partial charge in [0.1, 0.15) is 0 Å². The highest BCUT2D eigenvalue weighted by atomic mass is 35.5. The Bertz CT molecular complexity index is 415. The summed E-state index contributed by atoms with van der Waals surface area (Å²) in [7, 11) is 0. The number of hydrogen-bond donors (Lipinski definition) is 1. The van der Waals surface area contributed by atoms with Gasteiger partial charge in [-0.1, -0.05) is 25.1 Å². The molecule has 0 radical (unpaired) electrons. The van der Waals surface area contributed by atoms with E-state index in [1.54, 1.807) is 0 Å². The second kappa shape index (κ2) is 6.79. The summed E-state index contributed by atoms with van der Waals surface area (Å²) in [5, 5.41) is 8.75. The van der Waals surface area contributed by atoms with Crippen molar-refractivity contribution >= 4 is 18.4 Å². The number of aryl methyl sites for hydroxylation is 2. The number of hydrogen-bond acceptors (Lipinski definition) is 1. The minimum atomic E-state index is -0.699. The normalized spacial score (nSPS) is 15.4. The Morgan fingerprint density at radius 3 is 2.61 bits per heavy atom. The first-order valence-electron chi connectivity index (χ1n) is 6.47. The van der Waals surface area contributed by atoms with Crippen molar-refractivity contribution in [3.8, 4) is 0 Å². The van der Waals surface area contributed by atoms with E-state index >= 15 is 0 Å². The fourth-order valence-corrected chi connectivity index (χ4v) is 2.69. The second-order valence-corrected chi connectivity index (χ2v) is 5.22. The molecule has 1 N–H and O–H groups in total. The summed E-state index contributed by atoms with van der Waals surface area (Å²) in [5.74, 6) is -0.482. The van der Waals surface area contributed by atoms with Gasteiger partial charge in [0.2, 0.25) is 0 Å². The van der Waals surface area contributed by atoms with Crippen LogP contribution in [0, 0.1) is 5.92 Å². The van der Waals surface area contributed by atoms with E-state index in [1.165, 1.54) is 42.4 Å². The summed E-state index contributed by atoms with van der Waals surface area (Å²) in [4.78, 5) is 10.6. The molecule has 0 fully saturated rings. The molecule has 1 unspecified atom stereocenters. The predicted octanol–water partition coefficient (Wildman–Crippen LogP) is 3.64. The Morgan fingerprint density at radius 1 is 1.28 bits per heavy atom. The average molecular weight is 269 g/mol. The van der Waals surface area contributed by atoms with Gasteiger partial charge < -0.3 is 5.11 Å². The molecule has 1 aliphatic carbocycles. The fraction of sp³-hybridized carbons (Fsp3) is 0.533. The van der Waals surface area contributed by atoms with Crippen LogP contribution in [0.5, 0.6) is 0 Å². The van der Waals surface area contributed by atoms with Crippen molar-refractivity contribution in [1.82, 2.24) is 0 Å². The summed E-state index contributed by atoms with van der Waals surface area (Å²) < 4.78 is 0. The predicted molar refractivity (Wildman–Crippen MR) is 75.5 cm³/mol. The molecule has 2 nitrogen and oxygen atoms in total. The van der Waals surface area contributed by atoms with Crippen LogP contribution in [0.4, 0.5) is 0 Å². The van der Waals surface area contributed by atoms with Crippen LogP contribution in [-0.4, -0.2) is 11.1 Å². The highest BCUT2D eigenvalue weighted by Crippen LogP contribution is 2.23. The highest BCUT2D eigenvalue weighted by molar-refractivity contribution is 5.85. The van der Waals surface area contributed by atoms with Gasteiger partial charge in [0.25, 0.3) is 0 Å². The number of carboxylic acid groups (broad SMARTS) is 1. The van der Waals surface area contributed by atoms with Gasteiger partial charge in [-0.2, -0.15) is 0 Å². The third-order valence-corrected chi connectivity index (χ3v) is 3.52. The number of carbonyl (C=O) groups is 1. The molecule has 1 aliphatic rings. The zero-order valence-corrected chi connectivity index (χ0v) is 11.6. The highest BCUT2D eigenvalue weighted by Gasteiger charge is 2.12. The van der Waals surface area contributed by atoms with E-state index in [9.17, 15) is 4.79 Å². The zero-order chi connectivity index (χ0) is 12.3. The van der Waals surface area contributed by atoms with Crippen molar-refractivity contribution in [3.05, 3.63) is 34.9 Å². The van der Waals surface area contributed by atoms with Crippen LogP contribution < -0.4 is 0 Å². The summed E-state index contributed by atoms with van der Waals surface area (Å²) in [6.07, 6.45) is 6.14. The van der Waals surface area contributed by atoms with Crippen LogP contribution in [0.3, 0.4) is 0 Å². The number of aliphatic carboxylic acids is 1. The minimum Gasteiger partial charge on any atom is -0.481 e. The minimum absolute atomic E-state index is 0. The Hall–Kier alpha value is -1.02. The molecular weight excluding hydrogens is 248 g/mol. The number of rotatable bonds is 4. The maximum absolute atomic E-state index is 10.6. The zero-order valence-electron chi connectivity index (χ0n) is 10.8. The molecule has 0 amide bonds. The molecule has 0 aliphatic heterocycles. The Labute approximate surface area is 115 Å². The van der Waals surface area contributed by atoms with Gasteiger partial charge in [-0.25, -0.2) is 0 Å². The molecule has 2 rings (SSSR count). The smallest absolute Gasteiger partial charge is 0.303 e. The van der Waals surface area contributed by atoms with Gasteiger partial charge in [-0.3, -0.25) is 4.79 Å². The molecule has 18 heavy (non-hydrogen) atoms. The quantitative estimate of drug-likeness (QED) is 0.905. The van der Waals surface area contributed by atoms with Crippen molar-refractivity contribution in [2.24, 2.45) is 5.92 Å². The van der Waals surface area contributed by atoms with Gasteiger partial charge in [-0.15, -0.1) is 12.4 Å². The van der Waals surface area contributed by atoms with Gasteiger partial charge >= 0.3 is 5.97 Å². The lowest BCUT2D eigenvalue weighted by Crippen LogP contribution is -2.08. The molecule has 0 aromatic heterocycles. The van der Waals surface area contributed by atoms with Crippen LogP contribution in [0.2, 0.25) is 0 Å². The largest absolute Gasteiger partial charge is 0.481 e. The number of benzene rings is 1. The monoisotopic (exact) mass is 268 g/mol. The molecule has 1 aromatic rings. The maximum Gasteiger partial charge on any atom is 0.303 e. The van der Waals surface area contributed by atoms with Crippen LogP contribution in [0.1, 0.15) is 42.9 Å². The lowest BCUT2D eigenvalue weighted by molar-refractivity contribution is -0.137. The summed E-state index contributed by atoms with van der Waals surface area (Å²) in [6, 6.07) is 6.69. The molecule has 1 atom stereocenters. The van der Waals surface area contributed by atoms with Crippen molar-refractivity contribution < 1.29 is 9.90 Å². The molecule has 0 saturated heterocycles. The van der Waals surface area contributed by atoms with Gasteiger partial charge in [-0.05, 0) is 54.7 Å². The fourth-order valence-electron chi connectivity index (χ4n) is 2.69. The van der Waals surface area contributed by atoms with E-state index in [0.717, 1.165) is 6.42 Å². The van der Waals surface area contributed by atoms with E-state index in [1.807, 2.05) is 6.92 Å². The molecule has 0 heterocycles. The SMILES string of the molecule is CC(CC(=O)O)Cc1ccc2c(c1)CCCC2.Cl. The van der Waals surface area contributed by atoms with E-state index in [-0.39, 0.29) is 24.7 Å². The van der Waals surface area contributed by atoms with E-state index in [2.05, 4.69) is 18.2 Å². The molecule has 0 spiro atoms. The van der Waals surface area contributed by atoms with Gasteiger partial charge in [0.15, 0.2) is 0 Å². The van der Waals surface area contributed by atoms with E-state index in [4.69, 9.17) is 5.11 Å². The molecular formula is C15H21ClO2. The third-order valence-electron chi connectivity index (χ3n) is 3.52. The van der Waals surface area contributed by atoms with Crippen molar-refractivity contribution in [3.63, 3.8) is 0 Å². The summed E-state index contributed by atoms with van der Waals surface area (Å²) >= 11 is 0. The number of halogens is 1. The number of fused-ring (bicyclic) bond motifs is 1. The topological polar surface area (TPSA) is 37.3 Å². The molecule has 0 bridgehead atoms.